The van der Waals surface area contributed by atoms with Gasteiger partial charge in [-0.05, 0) is 30.9 Å². The fourth-order valence-corrected chi connectivity index (χ4v) is 4.77. The normalized spacial score (nSPS) is 31.1. The number of fused-ring (bicyclic) bond motifs is 1. The number of carbonyl (C=O) groups excluding carboxylic acids is 1. The molecule has 1 aliphatic carbocycles. The molecule has 2 fully saturated rings. The molecule has 0 radical (unpaired) electrons. The van der Waals surface area contributed by atoms with Crippen molar-refractivity contribution in [1.82, 2.24) is 0 Å². The van der Waals surface area contributed by atoms with Gasteiger partial charge in [-0.3, -0.25) is 0 Å². The Hall–Kier alpha value is -0.720. The second-order valence-corrected chi connectivity index (χ2v) is 9.95. The Morgan fingerprint density at radius 3 is 2.70 bits per heavy atom. The van der Waals surface area contributed by atoms with Gasteiger partial charge in [-0.2, -0.15) is 4.79 Å². The number of amides is 1. The van der Waals surface area contributed by atoms with Gasteiger partial charge >= 0.3 is 6.09 Å². The molecule has 1 aromatic carbocycles. The van der Waals surface area contributed by atoms with Crippen molar-refractivity contribution in [2.75, 3.05) is 20.3 Å². The van der Waals surface area contributed by atoms with E-state index in [1.165, 1.54) is 6.42 Å². The first-order valence-corrected chi connectivity index (χ1v) is 10.4. The molecule has 5 nitrogen and oxygen atoms in total. The number of likely N-dealkylation sites (tertiary alicyclic amines) is 1. The highest BCUT2D eigenvalue weighted by molar-refractivity contribution is 6.67. The zero-order valence-electron chi connectivity index (χ0n) is 15.2. The van der Waals surface area contributed by atoms with Crippen molar-refractivity contribution < 1.29 is 24.1 Å². The molecule has 1 saturated heterocycles. The zero-order chi connectivity index (χ0) is 19.7. The van der Waals surface area contributed by atoms with Crippen LogP contribution in [0.2, 0.25) is 0 Å². The molecule has 1 aromatic rings. The van der Waals surface area contributed by atoms with Crippen molar-refractivity contribution >= 4 is 40.9 Å². The SMILES string of the molecule is COc1cccc(C2C3CCCCC3CC[N+]2(O)C(=O)OCC(Cl)(Cl)Cl)c1. The minimum atomic E-state index is -1.72. The number of ether oxygens (including phenoxy) is 2. The van der Waals surface area contributed by atoms with Gasteiger partial charge in [0.25, 0.3) is 0 Å². The molecule has 0 spiro atoms. The number of hydrogen-bond donors (Lipinski definition) is 1. The van der Waals surface area contributed by atoms with Crippen molar-refractivity contribution in [3.8, 4) is 5.75 Å². The fraction of sp³-hybridized carbons (Fsp3) is 0.632. The quantitative estimate of drug-likeness (QED) is 0.376. The lowest BCUT2D eigenvalue weighted by Crippen LogP contribution is -2.60. The average Bonchev–Trinajstić information content (AvgIpc) is 2.65. The van der Waals surface area contributed by atoms with Crippen LogP contribution in [-0.4, -0.2) is 40.0 Å². The van der Waals surface area contributed by atoms with Crippen molar-refractivity contribution in [3.63, 3.8) is 0 Å². The third-order valence-electron chi connectivity index (χ3n) is 5.79. The number of alkyl halides is 3. The standard InChI is InChI=1S/C19H25Cl3NO4/c1-26-15-7-4-6-14(11-15)17-16-8-3-2-5-13(16)9-10-23(17,25)18(24)27-12-19(20,21)22/h4,6-7,11,13,16-17,25H,2-3,5,8-10,12H2,1H3/q+1. The maximum Gasteiger partial charge on any atom is 0.550 e. The molecule has 1 amide bonds. The summed E-state index contributed by atoms with van der Waals surface area (Å²) in [4.78, 5) is 12.9. The van der Waals surface area contributed by atoms with Gasteiger partial charge in [0.05, 0.1) is 7.11 Å². The molecule has 1 saturated carbocycles. The summed E-state index contributed by atoms with van der Waals surface area (Å²) in [6.07, 6.45) is 4.35. The molecule has 3 rings (SSSR count). The Morgan fingerprint density at radius 1 is 1.26 bits per heavy atom. The minimum absolute atomic E-state index is 0.185. The van der Waals surface area contributed by atoms with E-state index in [0.717, 1.165) is 31.2 Å². The van der Waals surface area contributed by atoms with E-state index in [2.05, 4.69) is 0 Å². The number of methoxy groups -OCH3 is 1. The third kappa shape index (κ3) is 4.65. The van der Waals surface area contributed by atoms with Gasteiger partial charge in [0.1, 0.15) is 18.9 Å². The van der Waals surface area contributed by atoms with E-state index in [1.807, 2.05) is 24.3 Å². The summed E-state index contributed by atoms with van der Waals surface area (Å²) < 4.78 is 8.00. The van der Waals surface area contributed by atoms with Crippen LogP contribution in [0.1, 0.15) is 43.7 Å². The van der Waals surface area contributed by atoms with Crippen LogP contribution in [0.3, 0.4) is 0 Å². The lowest BCUT2D eigenvalue weighted by molar-refractivity contribution is -1.07. The van der Waals surface area contributed by atoms with Crippen molar-refractivity contribution in [3.05, 3.63) is 29.8 Å². The number of rotatable bonds is 3. The van der Waals surface area contributed by atoms with Crippen LogP contribution >= 0.6 is 34.8 Å². The molecule has 1 aliphatic heterocycles. The number of hydroxylamine groups is 3. The molecule has 4 atom stereocenters. The van der Waals surface area contributed by atoms with Gasteiger partial charge in [0.2, 0.25) is 3.79 Å². The van der Waals surface area contributed by atoms with E-state index in [1.54, 1.807) is 7.11 Å². The van der Waals surface area contributed by atoms with Gasteiger partial charge in [0.15, 0.2) is 6.04 Å². The highest BCUT2D eigenvalue weighted by Gasteiger charge is 2.56. The molecule has 8 heteroatoms. The number of carbonyl (C=O) groups is 1. The first kappa shape index (κ1) is 21.0. The molecule has 1 N–H and O–H groups in total. The largest absolute Gasteiger partial charge is 0.550 e. The second kappa shape index (κ2) is 8.34. The highest BCUT2D eigenvalue weighted by Crippen LogP contribution is 2.50. The van der Waals surface area contributed by atoms with Crippen LogP contribution in [0.4, 0.5) is 4.79 Å². The smallest absolute Gasteiger partial charge is 0.497 e. The van der Waals surface area contributed by atoms with E-state index < -0.39 is 27.2 Å². The Morgan fingerprint density at radius 2 is 2.00 bits per heavy atom. The summed E-state index contributed by atoms with van der Waals surface area (Å²) in [5, 5.41) is 11.4. The Bertz CT molecular complexity index is 681. The number of hydrogen-bond acceptors (Lipinski definition) is 4. The van der Waals surface area contributed by atoms with Crippen molar-refractivity contribution in [2.24, 2.45) is 11.8 Å². The molecule has 150 valence electrons. The third-order valence-corrected chi connectivity index (χ3v) is 6.11. The number of piperidine rings is 1. The van der Waals surface area contributed by atoms with Crippen LogP contribution in [-0.2, 0) is 4.74 Å². The lowest BCUT2D eigenvalue weighted by Gasteiger charge is -2.47. The second-order valence-electron chi connectivity index (χ2n) is 7.44. The van der Waals surface area contributed by atoms with Gasteiger partial charge in [-0.15, -0.1) is 0 Å². The molecule has 0 aromatic heterocycles. The maximum absolute atomic E-state index is 12.9. The molecular formula is C19H25Cl3NO4+. The number of halogens is 3. The fourth-order valence-electron chi connectivity index (χ4n) is 4.61. The molecule has 4 unspecified atom stereocenters. The Balaban J connectivity index is 1.95. The van der Waals surface area contributed by atoms with Crippen LogP contribution in [0.5, 0.6) is 5.75 Å². The molecule has 27 heavy (non-hydrogen) atoms. The van der Waals surface area contributed by atoms with Crippen LogP contribution in [0.15, 0.2) is 24.3 Å². The maximum atomic E-state index is 12.9. The van der Waals surface area contributed by atoms with E-state index in [4.69, 9.17) is 44.3 Å². The van der Waals surface area contributed by atoms with Crippen molar-refractivity contribution in [1.29, 1.82) is 0 Å². The van der Waals surface area contributed by atoms with Crippen LogP contribution in [0, 0.1) is 11.8 Å². The monoisotopic (exact) mass is 436 g/mol. The lowest BCUT2D eigenvalue weighted by atomic mass is 9.69. The van der Waals surface area contributed by atoms with Gasteiger partial charge in [-0.1, -0.05) is 64.4 Å². The molecule has 0 bridgehead atoms. The Labute approximate surface area is 174 Å². The molecule has 2 aliphatic rings. The Kier molecular flexibility index (Phi) is 6.48. The minimum Gasteiger partial charge on any atom is -0.497 e. The molecule has 1 heterocycles. The van der Waals surface area contributed by atoms with Gasteiger partial charge in [-0.25, -0.2) is 5.21 Å². The van der Waals surface area contributed by atoms with E-state index in [-0.39, 0.29) is 12.5 Å². The predicted molar refractivity (Wildman–Crippen MR) is 104 cm³/mol. The summed E-state index contributed by atoms with van der Waals surface area (Å²) in [5.41, 5.74) is 0.860. The first-order valence-electron chi connectivity index (χ1n) is 9.23. The number of nitrogens with zero attached hydrogens (tertiary/aromatic N) is 1. The summed E-state index contributed by atoms with van der Waals surface area (Å²) in [5.74, 6) is 1.35. The number of quaternary nitrogens is 1. The predicted octanol–water partition coefficient (Wildman–Crippen LogP) is 5.66. The zero-order valence-corrected chi connectivity index (χ0v) is 17.5. The number of benzene rings is 1. The van der Waals surface area contributed by atoms with Crippen LogP contribution in [0.25, 0.3) is 0 Å². The van der Waals surface area contributed by atoms with Crippen LogP contribution < -0.4 is 4.74 Å². The first-order chi connectivity index (χ1) is 12.7. The molecular weight excluding hydrogens is 413 g/mol. The van der Waals surface area contributed by atoms with Gasteiger partial charge in [0, 0.05) is 17.9 Å². The highest BCUT2D eigenvalue weighted by atomic mass is 35.6. The summed E-state index contributed by atoms with van der Waals surface area (Å²) >= 11 is 17.1. The van der Waals surface area contributed by atoms with Crippen molar-refractivity contribution in [2.45, 2.75) is 41.9 Å². The summed E-state index contributed by atoms with van der Waals surface area (Å²) in [7, 11) is 1.60. The topological polar surface area (TPSA) is 55.8 Å². The van der Waals surface area contributed by atoms with Gasteiger partial charge < -0.3 is 9.47 Å². The average molecular weight is 438 g/mol. The summed E-state index contributed by atoms with van der Waals surface area (Å²) in [6, 6.07) is 7.10. The van der Waals surface area contributed by atoms with E-state index in [9.17, 15) is 10.0 Å². The van der Waals surface area contributed by atoms with E-state index >= 15 is 0 Å². The van der Waals surface area contributed by atoms with E-state index in [0.29, 0.717) is 11.7 Å². The summed E-state index contributed by atoms with van der Waals surface area (Å²) in [6.45, 7) is -0.127.